The van der Waals surface area contributed by atoms with Crippen LogP contribution in [0.15, 0.2) is 46.9 Å². The van der Waals surface area contributed by atoms with Crippen LogP contribution in [0, 0.1) is 0 Å². The van der Waals surface area contributed by atoms with Crippen molar-refractivity contribution in [2.75, 3.05) is 27.8 Å². The Hall–Kier alpha value is -2.05. The van der Waals surface area contributed by atoms with E-state index in [4.69, 9.17) is 9.47 Å². The van der Waals surface area contributed by atoms with Crippen LogP contribution in [0.2, 0.25) is 0 Å². The largest absolute Gasteiger partial charge is 0.497 e. The van der Waals surface area contributed by atoms with E-state index < -0.39 is 0 Å². The third-order valence-electron chi connectivity index (χ3n) is 4.20. The van der Waals surface area contributed by atoms with Crippen LogP contribution in [0.1, 0.15) is 24.1 Å². The number of benzene rings is 2. The first-order valence-electron chi connectivity index (χ1n) is 8.50. The van der Waals surface area contributed by atoms with E-state index in [1.807, 2.05) is 56.4 Å². The van der Waals surface area contributed by atoms with Crippen molar-refractivity contribution in [3.05, 3.63) is 58.1 Å². The molecule has 0 aliphatic carbocycles. The average Bonchev–Trinajstić information content (AvgIpc) is 2.62. The molecular formula is C20H26BrN2O3+. The first-order chi connectivity index (χ1) is 12.4. The second kappa shape index (κ2) is 9.59. The highest BCUT2D eigenvalue weighted by atomic mass is 79.9. The Morgan fingerprint density at radius 2 is 1.85 bits per heavy atom. The maximum atomic E-state index is 12.4. The maximum absolute atomic E-state index is 12.4. The monoisotopic (exact) mass is 421 g/mol. The summed E-state index contributed by atoms with van der Waals surface area (Å²) in [6.07, 6.45) is 0. The normalized spacial score (nSPS) is 13.0. The van der Waals surface area contributed by atoms with Crippen molar-refractivity contribution in [1.29, 1.82) is 0 Å². The predicted molar refractivity (Wildman–Crippen MR) is 106 cm³/mol. The lowest BCUT2D eigenvalue weighted by molar-refractivity contribution is -0.885. The van der Waals surface area contributed by atoms with Crippen molar-refractivity contribution in [2.45, 2.75) is 19.5 Å². The maximum Gasteiger partial charge on any atom is 0.275 e. The molecular weight excluding hydrogens is 396 g/mol. The van der Waals surface area contributed by atoms with Gasteiger partial charge in [-0.1, -0.05) is 28.1 Å². The van der Waals surface area contributed by atoms with E-state index in [1.165, 1.54) is 0 Å². The molecule has 2 atom stereocenters. The first-order valence-corrected chi connectivity index (χ1v) is 9.29. The third kappa shape index (κ3) is 5.75. The number of likely N-dealkylation sites (N-methyl/N-ethyl adjacent to an activating group) is 1. The summed E-state index contributed by atoms with van der Waals surface area (Å²) >= 11 is 3.42. The van der Waals surface area contributed by atoms with Crippen LogP contribution in [0.5, 0.6) is 11.5 Å². The van der Waals surface area contributed by atoms with Crippen LogP contribution in [0.4, 0.5) is 0 Å². The van der Waals surface area contributed by atoms with Gasteiger partial charge < -0.3 is 19.7 Å². The zero-order valence-corrected chi connectivity index (χ0v) is 17.2. The molecule has 0 saturated carbocycles. The lowest BCUT2D eigenvalue weighted by Crippen LogP contribution is -3.08. The number of hydrogen-bond acceptors (Lipinski definition) is 3. The summed E-state index contributed by atoms with van der Waals surface area (Å²) in [4.78, 5) is 13.4. The standard InChI is InChI=1S/C20H25BrN2O3/c1-14(15-5-8-17(21)9-6-15)22-20(24)13-23(2)12-16-7-10-18(25-3)11-19(16)26-4/h5-11,14H,12-13H2,1-4H3,(H,22,24)/p+1/t14-/m0/s1. The fourth-order valence-corrected chi connectivity index (χ4v) is 3.05. The Bertz CT molecular complexity index is 734. The Morgan fingerprint density at radius 1 is 1.15 bits per heavy atom. The molecule has 2 rings (SSSR count). The van der Waals surface area contributed by atoms with E-state index in [-0.39, 0.29) is 11.9 Å². The molecule has 0 radical (unpaired) electrons. The number of ether oxygens (including phenoxy) is 2. The average molecular weight is 422 g/mol. The van der Waals surface area contributed by atoms with Gasteiger partial charge in [-0.05, 0) is 36.8 Å². The van der Waals surface area contributed by atoms with Crippen molar-refractivity contribution in [2.24, 2.45) is 0 Å². The Morgan fingerprint density at radius 3 is 2.46 bits per heavy atom. The van der Waals surface area contributed by atoms with Crippen LogP contribution in [0.25, 0.3) is 0 Å². The molecule has 0 saturated heterocycles. The summed E-state index contributed by atoms with van der Waals surface area (Å²) in [5, 5.41) is 3.05. The third-order valence-corrected chi connectivity index (χ3v) is 4.72. The van der Waals surface area contributed by atoms with Crippen molar-refractivity contribution >= 4 is 21.8 Å². The fourth-order valence-electron chi connectivity index (χ4n) is 2.79. The summed E-state index contributed by atoms with van der Waals surface area (Å²) in [7, 11) is 5.26. The second-order valence-electron chi connectivity index (χ2n) is 6.33. The number of carbonyl (C=O) groups excluding carboxylic acids is 1. The minimum atomic E-state index is -0.0288. The summed E-state index contributed by atoms with van der Waals surface area (Å²) < 4.78 is 11.7. The lowest BCUT2D eigenvalue weighted by atomic mass is 10.1. The molecule has 2 aromatic rings. The molecule has 0 aromatic heterocycles. The van der Waals surface area contributed by atoms with Gasteiger partial charge in [0.1, 0.15) is 18.0 Å². The molecule has 5 nitrogen and oxygen atoms in total. The van der Waals surface area contributed by atoms with Gasteiger partial charge in [-0.3, -0.25) is 4.79 Å². The number of halogens is 1. The quantitative estimate of drug-likeness (QED) is 0.687. The van der Waals surface area contributed by atoms with Gasteiger partial charge in [0.05, 0.1) is 27.3 Å². The zero-order valence-electron chi connectivity index (χ0n) is 15.6. The molecule has 0 aliphatic heterocycles. The number of amides is 1. The van der Waals surface area contributed by atoms with Crippen LogP contribution in [-0.2, 0) is 11.3 Å². The SMILES string of the molecule is COc1ccc(C[NH+](C)CC(=O)N[C@@H](C)c2ccc(Br)cc2)c(OC)c1. The highest BCUT2D eigenvalue weighted by Crippen LogP contribution is 2.23. The zero-order chi connectivity index (χ0) is 19.1. The van der Waals surface area contributed by atoms with Crippen LogP contribution >= 0.6 is 15.9 Å². The molecule has 0 bridgehead atoms. The van der Waals surface area contributed by atoms with Gasteiger partial charge in [0.2, 0.25) is 0 Å². The van der Waals surface area contributed by atoms with Gasteiger partial charge >= 0.3 is 0 Å². The summed E-state index contributed by atoms with van der Waals surface area (Å²) in [6, 6.07) is 13.7. The van der Waals surface area contributed by atoms with Gasteiger partial charge in [-0.15, -0.1) is 0 Å². The molecule has 26 heavy (non-hydrogen) atoms. The molecule has 0 spiro atoms. The van der Waals surface area contributed by atoms with Crippen LogP contribution in [-0.4, -0.2) is 33.7 Å². The number of nitrogens with one attached hydrogen (secondary N) is 2. The highest BCUT2D eigenvalue weighted by molar-refractivity contribution is 9.10. The Kier molecular flexibility index (Phi) is 7.48. The smallest absolute Gasteiger partial charge is 0.275 e. The number of hydrogen-bond donors (Lipinski definition) is 2. The van der Waals surface area contributed by atoms with Crippen molar-refractivity contribution in [1.82, 2.24) is 5.32 Å². The van der Waals surface area contributed by atoms with Gasteiger partial charge in [0.25, 0.3) is 5.91 Å². The molecule has 2 aromatic carbocycles. The lowest BCUT2D eigenvalue weighted by Gasteiger charge is -2.18. The minimum Gasteiger partial charge on any atom is -0.497 e. The number of rotatable bonds is 8. The molecule has 140 valence electrons. The number of methoxy groups -OCH3 is 2. The molecule has 2 N–H and O–H groups in total. The first kappa shape index (κ1) is 20.3. The molecule has 0 heterocycles. The Balaban J connectivity index is 1.91. The topological polar surface area (TPSA) is 52.0 Å². The Labute approximate surface area is 163 Å². The van der Waals surface area contributed by atoms with Gasteiger partial charge in [0.15, 0.2) is 6.54 Å². The molecule has 1 unspecified atom stereocenters. The minimum absolute atomic E-state index is 0.0189. The van der Waals surface area contributed by atoms with Crippen molar-refractivity contribution in [3.8, 4) is 11.5 Å². The highest BCUT2D eigenvalue weighted by Gasteiger charge is 2.16. The number of quaternary nitrogens is 1. The van der Waals surface area contributed by atoms with E-state index in [2.05, 4.69) is 21.2 Å². The van der Waals surface area contributed by atoms with E-state index >= 15 is 0 Å². The molecule has 6 heteroatoms. The number of carbonyl (C=O) groups is 1. The summed E-state index contributed by atoms with van der Waals surface area (Å²) in [5.41, 5.74) is 2.12. The molecule has 1 amide bonds. The van der Waals surface area contributed by atoms with E-state index in [0.717, 1.165) is 32.0 Å². The predicted octanol–water partition coefficient (Wildman–Crippen LogP) is 2.36. The van der Waals surface area contributed by atoms with Crippen LogP contribution in [0.3, 0.4) is 0 Å². The van der Waals surface area contributed by atoms with Crippen LogP contribution < -0.4 is 19.7 Å². The van der Waals surface area contributed by atoms with Crippen molar-refractivity contribution in [3.63, 3.8) is 0 Å². The van der Waals surface area contributed by atoms with Gasteiger partial charge in [0, 0.05) is 16.1 Å². The van der Waals surface area contributed by atoms with E-state index in [1.54, 1.807) is 14.2 Å². The van der Waals surface area contributed by atoms with E-state index in [0.29, 0.717) is 13.1 Å². The van der Waals surface area contributed by atoms with E-state index in [9.17, 15) is 4.79 Å². The molecule has 0 aliphatic rings. The van der Waals surface area contributed by atoms with Crippen molar-refractivity contribution < 1.29 is 19.2 Å². The summed E-state index contributed by atoms with van der Waals surface area (Å²) in [6.45, 7) is 3.06. The molecule has 0 fully saturated rings. The van der Waals surface area contributed by atoms with Gasteiger partial charge in [-0.2, -0.15) is 0 Å². The fraction of sp³-hybridized carbons (Fsp3) is 0.350. The van der Waals surface area contributed by atoms with Gasteiger partial charge in [-0.25, -0.2) is 0 Å². The second-order valence-corrected chi connectivity index (χ2v) is 7.24. The summed E-state index contributed by atoms with van der Waals surface area (Å²) in [5.74, 6) is 1.54.